The number of hydrogen-bond acceptors (Lipinski definition) is 9. The zero-order chi connectivity index (χ0) is 29.2. The lowest BCUT2D eigenvalue weighted by Crippen LogP contribution is -2.25. The highest BCUT2D eigenvalue weighted by molar-refractivity contribution is 7.61. The summed E-state index contributed by atoms with van der Waals surface area (Å²) in [5, 5.41) is 0.569. The fraction of sp³-hybridized carbons (Fsp3) is 0.519. The van der Waals surface area contributed by atoms with E-state index >= 15 is 0 Å². The molecule has 0 aliphatic carbocycles. The summed E-state index contributed by atoms with van der Waals surface area (Å²) in [5.74, 6) is -0.0352. The van der Waals surface area contributed by atoms with E-state index in [1.807, 2.05) is 16.7 Å². The summed E-state index contributed by atoms with van der Waals surface area (Å²) in [6, 6.07) is 8.41. The minimum absolute atomic E-state index is 0.169. The number of halogens is 1. The van der Waals surface area contributed by atoms with Gasteiger partial charge in [0.1, 0.15) is 0 Å². The number of ether oxygens (including phenoxy) is 2. The molecule has 3 aromatic rings. The molecule has 0 amide bonds. The molecule has 0 bridgehead atoms. The van der Waals surface area contributed by atoms with Crippen LogP contribution in [0.4, 0.5) is 0 Å². The molecular formula is C27H36ClN2O8P. The maximum absolute atomic E-state index is 13.8. The standard InChI is InChI=1S/C27H36ClN2O8P/c1-17(2)14-30-20-13-18(28)9-10-19(20)29-23(30)21-11-12-22(38-21)39(33,36-15-34-24(31)26(3,4)5)37-16-35-25(32)27(6,7)8/h9-13,17H,14-16H2,1-8H3. The van der Waals surface area contributed by atoms with Gasteiger partial charge < -0.3 is 18.5 Å². The molecule has 0 aliphatic heterocycles. The first-order valence-corrected chi connectivity index (χ1v) is 14.4. The van der Waals surface area contributed by atoms with Gasteiger partial charge in [0.05, 0.1) is 21.9 Å². The van der Waals surface area contributed by atoms with Crippen LogP contribution in [-0.4, -0.2) is 35.1 Å². The Balaban J connectivity index is 1.93. The molecule has 0 aliphatic rings. The summed E-state index contributed by atoms with van der Waals surface area (Å²) in [6.07, 6.45) is 0. The summed E-state index contributed by atoms with van der Waals surface area (Å²) in [5.41, 5.74) is -0.230. The molecule has 39 heavy (non-hydrogen) atoms. The first-order valence-electron chi connectivity index (χ1n) is 12.5. The fourth-order valence-corrected chi connectivity index (χ4v) is 4.67. The summed E-state index contributed by atoms with van der Waals surface area (Å²) in [4.78, 5) is 29.1. The van der Waals surface area contributed by atoms with Gasteiger partial charge in [0, 0.05) is 11.6 Å². The van der Waals surface area contributed by atoms with Gasteiger partial charge in [-0.05, 0) is 77.8 Å². The minimum atomic E-state index is -4.25. The number of benzene rings is 1. The van der Waals surface area contributed by atoms with Crippen LogP contribution in [0.1, 0.15) is 55.4 Å². The van der Waals surface area contributed by atoms with Crippen LogP contribution in [0.5, 0.6) is 0 Å². The van der Waals surface area contributed by atoms with Crippen molar-refractivity contribution in [2.24, 2.45) is 16.7 Å². The van der Waals surface area contributed by atoms with E-state index in [0.717, 1.165) is 5.52 Å². The van der Waals surface area contributed by atoms with Crippen molar-refractivity contribution in [3.8, 4) is 11.6 Å². The SMILES string of the molecule is CC(C)Cn1c(-c2ccc(P(=O)(OCOC(=O)C(C)(C)C)OCOC(=O)C(C)(C)C)o2)nc2ccc(Cl)cc21. The highest BCUT2D eigenvalue weighted by Crippen LogP contribution is 2.48. The Kier molecular flexibility index (Phi) is 9.38. The zero-order valence-corrected chi connectivity index (χ0v) is 25.2. The highest BCUT2D eigenvalue weighted by atomic mass is 35.5. The number of hydrogen-bond donors (Lipinski definition) is 0. The normalized spacial score (nSPS) is 12.8. The third kappa shape index (κ3) is 7.72. The van der Waals surface area contributed by atoms with E-state index in [0.29, 0.717) is 28.7 Å². The van der Waals surface area contributed by atoms with Crippen LogP contribution in [0, 0.1) is 16.7 Å². The van der Waals surface area contributed by atoms with E-state index in [2.05, 4.69) is 13.8 Å². The molecule has 2 aromatic heterocycles. The van der Waals surface area contributed by atoms with Crippen molar-refractivity contribution in [2.45, 2.75) is 61.9 Å². The van der Waals surface area contributed by atoms with E-state index in [4.69, 9.17) is 39.5 Å². The maximum atomic E-state index is 13.8. The van der Waals surface area contributed by atoms with Crippen LogP contribution in [0.15, 0.2) is 34.7 Å². The number of esters is 2. The smallest absolute Gasteiger partial charge is 0.402 e. The number of carbonyl (C=O) groups is 2. The van der Waals surface area contributed by atoms with Crippen LogP contribution in [0.25, 0.3) is 22.6 Å². The third-order valence-corrected chi connectivity index (χ3v) is 7.30. The van der Waals surface area contributed by atoms with E-state index in [1.165, 1.54) is 6.07 Å². The summed E-state index contributed by atoms with van der Waals surface area (Å²) < 4.78 is 42.9. The third-order valence-electron chi connectivity index (χ3n) is 5.39. The van der Waals surface area contributed by atoms with Gasteiger partial charge in [0.15, 0.2) is 11.6 Å². The van der Waals surface area contributed by atoms with E-state index in [9.17, 15) is 14.2 Å². The summed E-state index contributed by atoms with van der Waals surface area (Å²) >= 11 is 6.24. The predicted molar refractivity (Wildman–Crippen MR) is 148 cm³/mol. The molecular weight excluding hydrogens is 547 g/mol. The Morgan fingerprint density at radius 1 is 0.974 bits per heavy atom. The Hall–Kier alpha value is -2.65. The molecule has 0 saturated carbocycles. The van der Waals surface area contributed by atoms with Gasteiger partial charge in [-0.3, -0.25) is 23.2 Å². The molecule has 214 valence electrons. The van der Waals surface area contributed by atoms with Crippen LogP contribution in [0.3, 0.4) is 0 Å². The van der Waals surface area contributed by atoms with Crippen molar-refractivity contribution >= 4 is 47.7 Å². The van der Waals surface area contributed by atoms with Crippen molar-refractivity contribution in [3.05, 3.63) is 35.4 Å². The predicted octanol–water partition coefficient (Wildman–Crippen LogP) is 6.55. The van der Waals surface area contributed by atoms with Gasteiger partial charge in [-0.1, -0.05) is 25.4 Å². The Morgan fingerprint density at radius 2 is 1.54 bits per heavy atom. The second-order valence-electron chi connectivity index (χ2n) is 11.6. The Labute approximate surface area is 233 Å². The molecule has 0 unspecified atom stereocenters. The summed E-state index contributed by atoms with van der Waals surface area (Å²) in [6.45, 7) is 13.5. The van der Waals surface area contributed by atoms with Gasteiger partial charge in [-0.15, -0.1) is 0 Å². The van der Waals surface area contributed by atoms with Crippen LogP contribution >= 0.6 is 19.2 Å². The molecule has 10 nitrogen and oxygen atoms in total. The Bertz CT molecular complexity index is 1340. The van der Waals surface area contributed by atoms with Crippen LogP contribution < -0.4 is 5.50 Å². The largest absolute Gasteiger partial charge is 0.445 e. The van der Waals surface area contributed by atoms with E-state index in [-0.39, 0.29) is 11.4 Å². The van der Waals surface area contributed by atoms with Gasteiger partial charge in [0.25, 0.3) is 0 Å². The topological polar surface area (TPSA) is 119 Å². The molecule has 1 aromatic carbocycles. The van der Waals surface area contributed by atoms with E-state index < -0.39 is 44.0 Å². The lowest BCUT2D eigenvalue weighted by atomic mass is 9.98. The molecule has 0 atom stereocenters. The van der Waals surface area contributed by atoms with E-state index in [1.54, 1.807) is 53.7 Å². The molecule has 0 N–H and O–H groups in total. The molecule has 0 radical (unpaired) electrons. The van der Waals surface area contributed by atoms with Crippen molar-refractivity contribution < 1.29 is 37.1 Å². The molecule has 2 heterocycles. The quantitative estimate of drug-likeness (QED) is 0.149. The Morgan fingerprint density at radius 3 is 2.05 bits per heavy atom. The number of furan rings is 1. The number of rotatable bonds is 10. The van der Waals surface area contributed by atoms with Gasteiger partial charge in [-0.2, -0.15) is 0 Å². The number of nitrogens with zero attached hydrogens (tertiary/aromatic N) is 2. The molecule has 0 saturated heterocycles. The molecule has 3 rings (SSSR count). The molecule has 12 heteroatoms. The highest BCUT2D eigenvalue weighted by Gasteiger charge is 2.35. The maximum Gasteiger partial charge on any atom is 0.402 e. The van der Waals surface area contributed by atoms with Crippen molar-refractivity contribution in [2.75, 3.05) is 13.6 Å². The van der Waals surface area contributed by atoms with Crippen molar-refractivity contribution in [1.29, 1.82) is 0 Å². The number of aromatic nitrogens is 2. The molecule has 0 fully saturated rings. The molecule has 0 spiro atoms. The second-order valence-corrected chi connectivity index (χ2v) is 14.0. The lowest BCUT2D eigenvalue weighted by molar-refractivity contribution is -0.161. The zero-order valence-electron chi connectivity index (χ0n) is 23.6. The second kappa shape index (κ2) is 11.8. The van der Waals surface area contributed by atoms with Crippen molar-refractivity contribution in [1.82, 2.24) is 9.55 Å². The summed E-state index contributed by atoms with van der Waals surface area (Å²) in [7, 11) is -4.25. The van der Waals surface area contributed by atoms with Gasteiger partial charge in [-0.25, -0.2) is 4.98 Å². The number of carbonyl (C=O) groups excluding carboxylic acids is 2. The average Bonchev–Trinajstić information content (AvgIpc) is 3.43. The van der Waals surface area contributed by atoms with Gasteiger partial charge in [0.2, 0.25) is 19.1 Å². The minimum Gasteiger partial charge on any atom is -0.445 e. The first kappa shape index (κ1) is 30.9. The van der Waals surface area contributed by atoms with Crippen molar-refractivity contribution in [3.63, 3.8) is 0 Å². The van der Waals surface area contributed by atoms with Crippen LogP contribution in [0.2, 0.25) is 5.02 Å². The number of fused-ring (bicyclic) bond motifs is 1. The monoisotopic (exact) mass is 582 g/mol. The first-order chi connectivity index (χ1) is 18.0. The van der Waals surface area contributed by atoms with Gasteiger partial charge >= 0.3 is 19.5 Å². The number of imidazole rings is 1. The fourth-order valence-electron chi connectivity index (χ4n) is 3.33. The lowest BCUT2D eigenvalue weighted by Gasteiger charge is -2.21. The van der Waals surface area contributed by atoms with Crippen LogP contribution in [-0.2, 0) is 39.2 Å². The average molecular weight is 583 g/mol.